The predicted molar refractivity (Wildman–Crippen MR) is 105 cm³/mol. The van der Waals surface area contributed by atoms with Gasteiger partial charge in [0.05, 0.1) is 6.04 Å². The lowest BCUT2D eigenvalue weighted by molar-refractivity contribution is 0.249. The SMILES string of the molecule is Cc1sc(-n2cccc2)c(C(C)NC(=O)Nc2ccc(Cl)cc2)c1C. The standard InChI is InChI=1S/C19H20ClN3OS/c1-12-14(3)25-18(23-10-4-5-11-23)17(12)13(2)21-19(24)22-16-8-6-15(20)7-9-16/h4-11,13H,1-3H3,(H2,21,22,24). The van der Waals surface area contributed by atoms with Gasteiger partial charge >= 0.3 is 6.03 Å². The first kappa shape index (κ1) is 17.6. The number of carbonyl (C=O) groups is 1. The number of hydrogen-bond donors (Lipinski definition) is 2. The van der Waals surface area contributed by atoms with E-state index in [1.54, 1.807) is 35.6 Å². The molecule has 0 spiro atoms. The number of aryl methyl sites for hydroxylation is 1. The van der Waals surface area contributed by atoms with Gasteiger partial charge in [-0.05, 0) is 62.7 Å². The molecule has 2 amide bonds. The zero-order valence-corrected chi connectivity index (χ0v) is 15.9. The normalized spacial score (nSPS) is 12.0. The largest absolute Gasteiger partial charge is 0.331 e. The lowest BCUT2D eigenvalue weighted by Gasteiger charge is -2.17. The highest BCUT2D eigenvalue weighted by Gasteiger charge is 2.20. The molecular formula is C19H20ClN3OS. The fourth-order valence-corrected chi connectivity index (χ4v) is 4.11. The number of hydrogen-bond acceptors (Lipinski definition) is 2. The maximum absolute atomic E-state index is 12.3. The highest BCUT2D eigenvalue weighted by atomic mass is 35.5. The van der Waals surface area contributed by atoms with Gasteiger partial charge in [0.25, 0.3) is 0 Å². The van der Waals surface area contributed by atoms with Gasteiger partial charge in [0.15, 0.2) is 0 Å². The number of benzene rings is 1. The van der Waals surface area contributed by atoms with Crippen LogP contribution in [0.15, 0.2) is 48.8 Å². The highest BCUT2D eigenvalue weighted by Crippen LogP contribution is 2.35. The zero-order chi connectivity index (χ0) is 18.0. The smallest absolute Gasteiger partial charge is 0.319 e. The third kappa shape index (κ3) is 3.89. The molecule has 0 saturated carbocycles. The van der Waals surface area contributed by atoms with Crippen LogP contribution in [0, 0.1) is 13.8 Å². The Balaban J connectivity index is 1.78. The Kier molecular flexibility index (Phi) is 5.16. The van der Waals surface area contributed by atoms with E-state index in [0.717, 1.165) is 10.6 Å². The molecule has 25 heavy (non-hydrogen) atoms. The summed E-state index contributed by atoms with van der Waals surface area (Å²) in [5.41, 5.74) is 3.07. The van der Waals surface area contributed by atoms with E-state index >= 15 is 0 Å². The van der Waals surface area contributed by atoms with Gasteiger partial charge in [-0.3, -0.25) is 0 Å². The Morgan fingerprint density at radius 2 is 1.80 bits per heavy atom. The molecule has 4 nitrogen and oxygen atoms in total. The molecule has 6 heteroatoms. The summed E-state index contributed by atoms with van der Waals surface area (Å²) >= 11 is 7.61. The molecule has 2 N–H and O–H groups in total. The number of anilines is 1. The number of carbonyl (C=O) groups excluding carboxylic acids is 1. The van der Waals surface area contributed by atoms with Gasteiger partial charge < -0.3 is 15.2 Å². The monoisotopic (exact) mass is 373 g/mol. The fourth-order valence-electron chi connectivity index (χ4n) is 2.77. The van der Waals surface area contributed by atoms with Crippen molar-refractivity contribution in [1.29, 1.82) is 0 Å². The highest BCUT2D eigenvalue weighted by molar-refractivity contribution is 7.14. The van der Waals surface area contributed by atoms with Gasteiger partial charge in [-0.15, -0.1) is 11.3 Å². The van der Waals surface area contributed by atoms with Crippen molar-refractivity contribution in [3.8, 4) is 5.00 Å². The van der Waals surface area contributed by atoms with Crippen molar-refractivity contribution in [3.05, 3.63) is 69.8 Å². The van der Waals surface area contributed by atoms with Crippen molar-refractivity contribution in [2.24, 2.45) is 0 Å². The molecule has 0 fully saturated rings. The first-order chi connectivity index (χ1) is 12.0. The molecule has 0 aliphatic heterocycles. The van der Waals surface area contributed by atoms with E-state index in [2.05, 4.69) is 29.0 Å². The van der Waals surface area contributed by atoms with Crippen LogP contribution in [0.2, 0.25) is 5.02 Å². The third-order valence-electron chi connectivity index (χ3n) is 4.13. The van der Waals surface area contributed by atoms with Gasteiger partial charge in [-0.2, -0.15) is 0 Å². The Hall–Kier alpha value is -2.24. The molecule has 0 radical (unpaired) electrons. The molecule has 0 aliphatic carbocycles. The van der Waals surface area contributed by atoms with E-state index in [1.807, 2.05) is 31.5 Å². The summed E-state index contributed by atoms with van der Waals surface area (Å²) in [7, 11) is 0. The van der Waals surface area contributed by atoms with Gasteiger partial charge in [-0.1, -0.05) is 11.6 Å². The van der Waals surface area contributed by atoms with Crippen molar-refractivity contribution in [1.82, 2.24) is 9.88 Å². The molecule has 130 valence electrons. The lowest BCUT2D eigenvalue weighted by Crippen LogP contribution is -2.31. The minimum atomic E-state index is -0.239. The van der Waals surface area contributed by atoms with Crippen LogP contribution in [0.4, 0.5) is 10.5 Å². The molecule has 1 aromatic carbocycles. The molecule has 0 aliphatic rings. The van der Waals surface area contributed by atoms with Crippen LogP contribution >= 0.6 is 22.9 Å². The van der Waals surface area contributed by atoms with Crippen molar-refractivity contribution < 1.29 is 4.79 Å². The van der Waals surface area contributed by atoms with E-state index in [9.17, 15) is 4.79 Å². The average molecular weight is 374 g/mol. The summed E-state index contributed by atoms with van der Waals surface area (Å²) in [5, 5.41) is 7.64. The second-order valence-electron chi connectivity index (χ2n) is 5.92. The quantitative estimate of drug-likeness (QED) is 0.606. The van der Waals surface area contributed by atoms with E-state index in [1.165, 1.54) is 10.4 Å². The minimum Gasteiger partial charge on any atom is -0.331 e. The Morgan fingerprint density at radius 1 is 1.16 bits per heavy atom. The van der Waals surface area contributed by atoms with Crippen molar-refractivity contribution in [3.63, 3.8) is 0 Å². The molecular weight excluding hydrogens is 354 g/mol. The van der Waals surface area contributed by atoms with E-state index < -0.39 is 0 Å². The predicted octanol–water partition coefficient (Wildman–Crippen LogP) is 5.69. The number of thiophene rings is 1. The molecule has 3 aromatic rings. The first-order valence-electron chi connectivity index (χ1n) is 8.02. The van der Waals surface area contributed by atoms with Gasteiger partial charge in [-0.25, -0.2) is 4.79 Å². The Bertz CT molecular complexity index is 869. The molecule has 1 atom stereocenters. The van der Waals surface area contributed by atoms with Gasteiger partial charge in [0.1, 0.15) is 5.00 Å². The number of halogens is 1. The van der Waals surface area contributed by atoms with Crippen LogP contribution in [-0.2, 0) is 0 Å². The molecule has 0 saturated heterocycles. The second kappa shape index (κ2) is 7.33. The van der Waals surface area contributed by atoms with Crippen LogP contribution in [0.3, 0.4) is 0 Å². The Labute approximate surface area is 156 Å². The average Bonchev–Trinajstić information content (AvgIpc) is 3.18. The second-order valence-corrected chi connectivity index (χ2v) is 7.56. The number of rotatable bonds is 4. The number of amides is 2. The third-order valence-corrected chi connectivity index (χ3v) is 5.62. The maximum atomic E-state index is 12.3. The number of nitrogens with zero attached hydrogens (tertiary/aromatic N) is 1. The van der Waals surface area contributed by atoms with Crippen LogP contribution in [-0.4, -0.2) is 10.6 Å². The molecule has 2 aromatic heterocycles. The van der Waals surface area contributed by atoms with Crippen LogP contribution < -0.4 is 10.6 Å². The van der Waals surface area contributed by atoms with E-state index in [4.69, 9.17) is 11.6 Å². The summed E-state index contributed by atoms with van der Waals surface area (Å²) < 4.78 is 2.09. The Morgan fingerprint density at radius 3 is 2.44 bits per heavy atom. The summed E-state index contributed by atoms with van der Waals surface area (Å²) in [6, 6.07) is 10.7. The number of urea groups is 1. The summed E-state index contributed by atoms with van der Waals surface area (Å²) in [4.78, 5) is 13.6. The maximum Gasteiger partial charge on any atom is 0.319 e. The lowest BCUT2D eigenvalue weighted by atomic mass is 10.1. The summed E-state index contributed by atoms with van der Waals surface area (Å²) in [6.07, 6.45) is 4.05. The van der Waals surface area contributed by atoms with Crippen molar-refractivity contribution >= 4 is 34.7 Å². The molecule has 1 unspecified atom stereocenters. The van der Waals surface area contributed by atoms with Crippen molar-refractivity contribution in [2.45, 2.75) is 26.8 Å². The fraction of sp³-hybridized carbons (Fsp3) is 0.211. The van der Waals surface area contributed by atoms with E-state index in [0.29, 0.717) is 10.7 Å². The zero-order valence-electron chi connectivity index (χ0n) is 14.3. The van der Waals surface area contributed by atoms with Gasteiger partial charge in [0, 0.05) is 33.5 Å². The summed E-state index contributed by atoms with van der Waals surface area (Å²) in [5.74, 6) is 0. The topological polar surface area (TPSA) is 46.1 Å². The summed E-state index contributed by atoms with van der Waals surface area (Å²) in [6.45, 7) is 6.21. The first-order valence-corrected chi connectivity index (χ1v) is 9.21. The molecule has 0 bridgehead atoms. The van der Waals surface area contributed by atoms with Crippen molar-refractivity contribution in [2.75, 3.05) is 5.32 Å². The van der Waals surface area contributed by atoms with E-state index in [-0.39, 0.29) is 12.1 Å². The van der Waals surface area contributed by atoms with Crippen LogP contribution in [0.25, 0.3) is 5.00 Å². The molecule has 3 rings (SSSR count). The van der Waals surface area contributed by atoms with Crippen LogP contribution in [0.1, 0.15) is 29.0 Å². The minimum absolute atomic E-state index is 0.116. The molecule has 2 heterocycles. The van der Waals surface area contributed by atoms with Crippen LogP contribution in [0.5, 0.6) is 0 Å². The van der Waals surface area contributed by atoms with Gasteiger partial charge in [0.2, 0.25) is 0 Å². The number of nitrogens with one attached hydrogen (secondary N) is 2. The number of aromatic nitrogens is 1.